The summed E-state index contributed by atoms with van der Waals surface area (Å²) in [5.74, 6) is 0.839. The van der Waals surface area contributed by atoms with Crippen molar-refractivity contribution < 1.29 is 4.74 Å². The van der Waals surface area contributed by atoms with Crippen LogP contribution in [0.5, 0.6) is 5.75 Å². The Morgan fingerprint density at radius 2 is 1.84 bits per heavy atom. The molecule has 0 aliphatic carbocycles. The molecule has 5 heteroatoms. The zero-order valence-electron chi connectivity index (χ0n) is 15.6. The Labute approximate surface area is 155 Å². The van der Waals surface area contributed by atoms with E-state index in [1.165, 1.54) is 0 Å². The number of halogens is 1. The maximum Gasteiger partial charge on any atom is 0.142 e. The average molecular weight is 360 g/mol. The van der Waals surface area contributed by atoms with Gasteiger partial charge in [-0.25, -0.2) is 4.99 Å². The molecular formula is C20H26ClN3O. The van der Waals surface area contributed by atoms with Gasteiger partial charge in [-0.3, -0.25) is 0 Å². The number of aryl methyl sites for hydroxylation is 1. The molecular weight excluding hydrogens is 334 g/mol. The summed E-state index contributed by atoms with van der Waals surface area (Å²) in [5.41, 5.74) is 3.97. The molecule has 0 unspecified atom stereocenters. The minimum Gasteiger partial charge on any atom is -0.495 e. The fourth-order valence-electron chi connectivity index (χ4n) is 2.61. The number of nitrogens with zero attached hydrogens (tertiary/aromatic N) is 3. The molecule has 0 aliphatic rings. The Kier molecular flexibility index (Phi) is 6.71. The van der Waals surface area contributed by atoms with Gasteiger partial charge in [0.25, 0.3) is 0 Å². The number of hydrogen-bond acceptors (Lipinski definition) is 3. The largest absolute Gasteiger partial charge is 0.495 e. The van der Waals surface area contributed by atoms with Crippen LogP contribution in [0, 0.1) is 6.92 Å². The van der Waals surface area contributed by atoms with Gasteiger partial charge < -0.3 is 14.5 Å². The highest BCUT2D eigenvalue weighted by Crippen LogP contribution is 2.39. The summed E-state index contributed by atoms with van der Waals surface area (Å²) in [4.78, 5) is 8.70. The van der Waals surface area contributed by atoms with Crippen molar-refractivity contribution in [1.82, 2.24) is 4.90 Å². The quantitative estimate of drug-likeness (QED) is 0.487. The summed E-state index contributed by atoms with van der Waals surface area (Å²) in [6, 6.07) is 12.0. The first-order valence-corrected chi connectivity index (χ1v) is 8.84. The van der Waals surface area contributed by atoms with Crippen LogP contribution in [-0.4, -0.2) is 38.5 Å². The second kappa shape index (κ2) is 8.77. The van der Waals surface area contributed by atoms with Crippen molar-refractivity contribution in [2.24, 2.45) is 4.99 Å². The van der Waals surface area contributed by atoms with E-state index >= 15 is 0 Å². The maximum absolute atomic E-state index is 6.50. The number of aliphatic imine (C=N–C) groups is 1. The Hall–Kier alpha value is -2.20. The van der Waals surface area contributed by atoms with E-state index in [0.29, 0.717) is 5.02 Å². The van der Waals surface area contributed by atoms with Crippen LogP contribution in [0.1, 0.15) is 19.4 Å². The summed E-state index contributed by atoms with van der Waals surface area (Å²) >= 11 is 6.50. The molecule has 0 N–H and O–H groups in total. The van der Waals surface area contributed by atoms with Crippen LogP contribution in [-0.2, 0) is 0 Å². The smallest absolute Gasteiger partial charge is 0.142 e. The fourth-order valence-corrected chi connectivity index (χ4v) is 2.82. The molecule has 0 aliphatic heterocycles. The molecule has 2 aromatic rings. The van der Waals surface area contributed by atoms with Crippen molar-refractivity contribution in [1.29, 1.82) is 0 Å². The standard InChI is InChI=1S/C20H26ClN3O/c1-6-23(4)14-22-17-12-15(3)19(13-16(17)21)24(7-2)18-10-8-9-11-20(18)25-5/h8-14H,6-7H2,1-5H3/b22-14-. The van der Waals surface area contributed by atoms with Gasteiger partial charge in [0, 0.05) is 25.8 Å². The van der Waals surface area contributed by atoms with Crippen molar-refractivity contribution in [3.8, 4) is 5.75 Å². The zero-order valence-corrected chi connectivity index (χ0v) is 16.3. The number of ether oxygens (including phenoxy) is 1. The van der Waals surface area contributed by atoms with Crippen LogP contribution in [0.25, 0.3) is 0 Å². The van der Waals surface area contributed by atoms with Crippen molar-refractivity contribution in [3.05, 3.63) is 47.0 Å². The third kappa shape index (κ3) is 4.45. The molecule has 0 saturated carbocycles. The van der Waals surface area contributed by atoms with Gasteiger partial charge in [0.15, 0.2) is 0 Å². The number of rotatable bonds is 7. The normalized spacial score (nSPS) is 11.0. The minimum atomic E-state index is 0.634. The molecule has 0 spiro atoms. The Morgan fingerprint density at radius 1 is 1.12 bits per heavy atom. The molecule has 2 aromatic carbocycles. The minimum absolute atomic E-state index is 0.634. The van der Waals surface area contributed by atoms with Crippen LogP contribution >= 0.6 is 11.6 Å². The summed E-state index contributed by atoms with van der Waals surface area (Å²) in [5, 5.41) is 0.634. The average Bonchev–Trinajstić information content (AvgIpc) is 2.63. The monoisotopic (exact) mass is 359 g/mol. The molecule has 0 aromatic heterocycles. The van der Waals surface area contributed by atoms with E-state index in [1.807, 2.05) is 42.3 Å². The maximum atomic E-state index is 6.50. The third-order valence-electron chi connectivity index (χ3n) is 4.14. The van der Waals surface area contributed by atoms with Gasteiger partial charge in [0.05, 0.1) is 29.8 Å². The van der Waals surface area contributed by atoms with E-state index in [1.54, 1.807) is 13.4 Å². The van der Waals surface area contributed by atoms with Gasteiger partial charge in [-0.2, -0.15) is 0 Å². The van der Waals surface area contributed by atoms with E-state index in [-0.39, 0.29) is 0 Å². The predicted octanol–water partition coefficient (Wildman–Crippen LogP) is 5.43. The first-order chi connectivity index (χ1) is 12.0. The predicted molar refractivity (Wildman–Crippen MR) is 108 cm³/mol. The van der Waals surface area contributed by atoms with Crippen LogP contribution in [0.2, 0.25) is 5.02 Å². The van der Waals surface area contributed by atoms with Gasteiger partial charge in [-0.1, -0.05) is 23.7 Å². The van der Waals surface area contributed by atoms with Crippen LogP contribution in [0.4, 0.5) is 17.1 Å². The molecule has 4 nitrogen and oxygen atoms in total. The second-order valence-electron chi connectivity index (χ2n) is 5.82. The van der Waals surface area contributed by atoms with Gasteiger partial charge >= 0.3 is 0 Å². The molecule has 0 radical (unpaired) electrons. The van der Waals surface area contributed by atoms with Crippen LogP contribution < -0.4 is 9.64 Å². The molecule has 134 valence electrons. The lowest BCUT2D eigenvalue weighted by Crippen LogP contribution is -2.18. The van der Waals surface area contributed by atoms with Gasteiger partial charge in [0.2, 0.25) is 0 Å². The summed E-state index contributed by atoms with van der Waals surface area (Å²) in [7, 11) is 3.67. The molecule has 25 heavy (non-hydrogen) atoms. The highest BCUT2D eigenvalue weighted by molar-refractivity contribution is 6.33. The lowest BCUT2D eigenvalue weighted by Gasteiger charge is -2.27. The Morgan fingerprint density at radius 3 is 2.48 bits per heavy atom. The lowest BCUT2D eigenvalue weighted by atomic mass is 10.1. The van der Waals surface area contributed by atoms with Gasteiger partial charge in [-0.15, -0.1) is 0 Å². The number of anilines is 2. The van der Waals surface area contributed by atoms with E-state index in [4.69, 9.17) is 16.3 Å². The third-order valence-corrected chi connectivity index (χ3v) is 4.44. The lowest BCUT2D eigenvalue weighted by molar-refractivity contribution is 0.415. The van der Waals surface area contributed by atoms with Gasteiger partial charge in [-0.05, 0) is 50.6 Å². The van der Waals surface area contributed by atoms with Crippen LogP contribution in [0.3, 0.4) is 0 Å². The Balaban J connectivity index is 2.44. The van der Waals surface area contributed by atoms with Crippen molar-refractivity contribution in [2.45, 2.75) is 20.8 Å². The van der Waals surface area contributed by atoms with E-state index in [9.17, 15) is 0 Å². The SMILES string of the molecule is CCN(C)/C=N\c1cc(C)c(N(CC)c2ccccc2OC)cc1Cl. The van der Waals surface area contributed by atoms with E-state index in [0.717, 1.165) is 41.5 Å². The number of para-hydroxylation sites is 2. The first kappa shape index (κ1) is 19.1. The second-order valence-corrected chi connectivity index (χ2v) is 6.23. The zero-order chi connectivity index (χ0) is 18.4. The van der Waals surface area contributed by atoms with Crippen molar-refractivity contribution in [3.63, 3.8) is 0 Å². The Bertz CT molecular complexity index is 746. The number of hydrogen-bond donors (Lipinski definition) is 0. The van der Waals surface area contributed by atoms with Crippen molar-refractivity contribution >= 4 is 35.0 Å². The highest BCUT2D eigenvalue weighted by atomic mass is 35.5. The summed E-state index contributed by atoms with van der Waals surface area (Å²) in [6.45, 7) is 7.97. The molecule has 2 rings (SSSR count). The number of benzene rings is 2. The molecule has 0 bridgehead atoms. The van der Waals surface area contributed by atoms with Gasteiger partial charge in [0.1, 0.15) is 5.75 Å². The van der Waals surface area contributed by atoms with E-state index in [2.05, 4.69) is 36.7 Å². The molecule has 0 saturated heterocycles. The van der Waals surface area contributed by atoms with E-state index < -0.39 is 0 Å². The molecule has 0 amide bonds. The molecule has 0 atom stereocenters. The number of methoxy groups -OCH3 is 1. The van der Waals surface area contributed by atoms with Crippen LogP contribution in [0.15, 0.2) is 41.4 Å². The van der Waals surface area contributed by atoms with Crippen molar-refractivity contribution in [2.75, 3.05) is 32.1 Å². The summed E-state index contributed by atoms with van der Waals surface area (Å²) in [6.07, 6.45) is 1.80. The molecule has 0 fully saturated rings. The topological polar surface area (TPSA) is 28.1 Å². The molecule has 0 heterocycles. The highest BCUT2D eigenvalue weighted by Gasteiger charge is 2.16. The first-order valence-electron chi connectivity index (χ1n) is 8.46. The fraction of sp³-hybridized carbons (Fsp3) is 0.350. The summed E-state index contributed by atoms with van der Waals surface area (Å²) < 4.78 is 5.52.